The van der Waals surface area contributed by atoms with Gasteiger partial charge in [-0.25, -0.2) is 18.2 Å². The molecule has 130 valence electrons. The normalized spacial score (nSPS) is 11.2. The Morgan fingerprint density at radius 2 is 2.00 bits per heavy atom. The van der Waals surface area contributed by atoms with E-state index in [9.17, 15) is 18.0 Å². The number of carbonyl (C=O) groups is 1. The summed E-state index contributed by atoms with van der Waals surface area (Å²) in [4.78, 5) is 17.6. The van der Waals surface area contributed by atoms with E-state index < -0.39 is 24.7 Å². The molecular weight excluding hydrogens is 335 g/mol. The van der Waals surface area contributed by atoms with Crippen LogP contribution in [0.2, 0.25) is 0 Å². The minimum absolute atomic E-state index is 0.121. The van der Waals surface area contributed by atoms with Crippen molar-refractivity contribution in [1.82, 2.24) is 10.1 Å². The Morgan fingerprint density at radius 1 is 1.28 bits per heavy atom. The van der Waals surface area contributed by atoms with Gasteiger partial charge in [-0.2, -0.15) is 0 Å². The van der Waals surface area contributed by atoms with Crippen LogP contribution in [0.4, 0.5) is 18.9 Å². The highest BCUT2D eigenvalue weighted by Crippen LogP contribution is 2.22. The second-order valence-corrected chi connectivity index (χ2v) is 5.34. The summed E-state index contributed by atoms with van der Waals surface area (Å²) in [6.07, 6.45) is -0.921. The number of rotatable bonds is 5. The molecule has 0 spiro atoms. The lowest BCUT2D eigenvalue weighted by Gasteiger charge is -2.22. The van der Waals surface area contributed by atoms with Crippen molar-refractivity contribution in [2.24, 2.45) is 0 Å². The fourth-order valence-electron chi connectivity index (χ4n) is 2.47. The van der Waals surface area contributed by atoms with Crippen molar-refractivity contribution in [3.05, 3.63) is 53.6 Å². The highest BCUT2D eigenvalue weighted by molar-refractivity contribution is 6.07. The predicted octanol–water partition coefficient (Wildman–Crippen LogP) is 3.84. The van der Waals surface area contributed by atoms with Gasteiger partial charge < -0.3 is 9.42 Å². The average molecular weight is 349 g/mol. The van der Waals surface area contributed by atoms with Crippen LogP contribution in [-0.2, 0) is 6.42 Å². The van der Waals surface area contributed by atoms with Crippen molar-refractivity contribution in [3.8, 4) is 0 Å². The van der Waals surface area contributed by atoms with Crippen LogP contribution in [0.3, 0.4) is 0 Å². The number of pyridine rings is 1. The van der Waals surface area contributed by atoms with Gasteiger partial charge in [0, 0.05) is 11.9 Å². The molecule has 3 aromatic rings. The number of halogens is 3. The summed E-state index contributed by atoms with van der Waals surface area (Å²) < 4.78 is 44.0. The van der Waals surface area contributed by atoms with Crippen LogP contribution in [0.25, 0.3) is 11.1 Å². The number of aromatic nitrogens is 2. The summed E-state index contributed by atoms with van der Waals surface area (Å²) in [6.45, 7) is 1.06. The highest BCUT2D eigenvalue weighted by Gasteiger charge is 2.23. The van der Waals surface area contributed by atoms with Crippen LogP contribution >= 0.6 is 0 Å². The van der Waals surface area contributed by atoms with Gasteiger partial charge in [-0.3, -0.25) is 4.79 Å². The van der Waals surface area contributed by atoms with Gasteiger partial charge in [0.05, 0.1) is 23.2 Å². The van der Waals surface area contributed by atoms with E-state index in [0.717, 1.165) is 17.0 Å². The monoisotopic (exact) mass is 349 g/mol. The first-order chi connectivity index (χ1) is 12.0. The highest BCUT2D eigenvalue weighted by atomic mass is 19.3. The van der Waals surface area contributed by atoms with E-state index in [0.29, 0.717) is 17.5 Å². The minimum Gasteiger partial charge on any atom is -0.336 e. The standard InChI is InChI=1S/C17H14F3N3O2/c1-2-14-13-7-10(8-21-16(13)25-22-14)17(24)23(9-15(19)20)12-5-3-11(18)4-6-12/h3-8,15H,2,9H2,1H3. The van der Waals surface area contributed by atoms with Gasteiger partial charge in [0.25, 0.3) is 18.0 Å². The molecule has 0 bridgehead atoms. The molecule has 2 aromatic heterocycles. The quantitative estimate of drug-likeness (QED) is 0.702. The Labute approximate surface area is 141 Å². The molecule has 5 nitrogen and oxygen atoms in total. The van der Waals surface area contributed by atoms with E-state index in [1.165, 1.54) is 24.4 Å². The molecule has 0 aliphatic carbocycles. The molecule has 0 atom stereocenters. The number of hydrogen-bond acceptors (Lipinski definition) is 4. The molecular formula is C17H14F3N3O2. The van der Waals surface area contributed by atoms with E-state index in [4.69, 9.17) is 4.52 Å². The van der Waals surface area contributed by atoms with E-state index in [-0.39, 0.29) is 17.0 Å². The summed E-state index contributed by atoms with van der Waals surface area (Å²) in [5, 5.41) is 4.41. The molecule has 0 radical (unpaired) electrons. The number of carbonyl (C=O) groups excluding carboxylic acids is 1. The van der Waals surface area contributed by atoms with E-state index >= 15 is 0 Å². The number of benzene rings is 1. The number of alkyl halides is 2. The van der Waals surface area contributed by atoms with Crippen LogP contribution in [0.15, 0.2) is 41.1 Å². The van der Waals surface area contributed by atoms with Gasteiger partial charge in [-0.1, -0.05) is 12.1 Å². The van der Waals surface area contributed by atoms with Gasteiger partial charge in [-0.05, 0) is 36.8 Å². The Hall–Kier alpha value is -2.90. The molecule has 0 aliphatic heterocycles. The number of nitrogens with zero attached hydrogens (tertiary/aromatic N) is 3. The maximum Gasteiger partial charge on any atom is 0.260 e. The summed E-state index contributed by atoms with van der Waals surface area (Å²) in [7, 11) is 0. The number of fused-ring (bicyclic) bond motifs is 1. The third kappa shape index (κ3) is 3.47. The van der Waals surface area contributed by atoms with Gasteiger partial charge in [0.15, 0.2) is 0 Å². The maximum absolute atomic E-state index is 13.1. The smallest absolute Gasteiger partial charge is 0.260 e. The first-order valence-corrected chi connectivity index (χ1v) is 7.59. The minimum atomic E-state index is -2.74. The lowest BCUT2D eigenvalue weighted by molar-refractivity contribution is 0.0945. The molecule has 0 fully saturated rings. The Morgan fingerprint density at radius 3 is 2.64 bits per heavy atom. The molecule has 0 saturated carbocycles. The van der Waals surface area contributed by atoms with Crippen molar-refractivity contribution >= 4 is 22.7 Å². The van der Waals surface area contributed by atoms with Crippen molar-refractivity contribution in [2.75, 3.05) is 11.4 Å². The van der Waals surface area contributed by atoms with Crippen LogP contribution in [-0.4, -0.2) is 29.0 Å². The third-order valence-corrected chi connectivity index (χ3v) is 3.69. The Balaban J connectivity index is 2.00. The summed E-state index contributed by atoms with van der Waals surface area (Å²) in [5.74, 6) is -1.18. The largest absolute Gasteiger partial charge is 0.336 e. The first-order valence-electron chi connectivity index (χ1n) is 7.59. The number of anilines is 1. The molecule has 0 N–H and O–H groups in total. The SMILES string of the molecule is CCc1noc2ncc(C(=O)N(CC(F)F)c3ccc(F)cc3)cc12. The van der Waals surface area contributed by atoms with Crippen molar-refractivity contribution in [1.29, 1.82) is 0 Å². The average Bonchev–Trinajstić information content (AvgIpc) is 3.02. The molecule has 1 amide bonds. The van der Waals surface area contributed by atoms with Crippen molar-refractivity contribution < 1.29 is 22.5 Å². The zero-order valence-electron chi connectivity index (χ0n) is 13.2. The first kappa shape index (κ1) is 16.9. The summed E-state index contributed by atoms with van der Waals surface area (Å²) in [5.41, 5.74) is 1.19. The summed E-state index contributed by atoms with van der Waals surface area (Å²) >= 11 is 0. The molecule has 2 heterocycles. The van der Waals surface area contributed by atoms with Gasteiger partial charge in [0.2, 0.25) is 0 Å². The van der Waals surface area contributed by atoms with Crippen molar-refractivity contribution in [2.45, 2.75) is 19.8 Å². The fraction of sp³-hybridized carbons (Fsp3) is 0.235. The topological polar surface area (TPSA) is 59.2 Å². The van der Waals surface area contributed by atoms with Crippen LogP contribution in [0, 0.1) is 5.82 Å². The van der Waals surface area contributed by atoms with Gasteiger partial charge >= 0.3 is 0 Å². The van der Waals surface area contributed by atoms with Crippen molar-refractivity contribution in [3.63, 3.8) is 0 Å². The summed E-state index contributed by atoms with van der Waals surface area (Å²) in [6, 6.07) is 6.29. The molecule has 0 unspecified atom stereocenters. The third-order valence-electron chi connectivity index (χ3n) is 3.69. The van der Waals surface area contributed by atoms with Crippen LogP contribution in [0.5, 0.6) is 0 Å². The van der Waals surface area contributed by atoms with Gasteiger partial charge in [0.1, 0.15) is 5.82 Å². The van der Waals surface area contributed by atoms with Gasteiger partial charge in [-0.15, -0.1) is 0 Å². The Bertz CT molecular complexity index is 894. The number of aryl methyl sites for hydroxylation is 1. The zero-order valence-corrected chi connectivity index (χ0v) is 13.2. The lowest BCUT2D eigenvalue weighted by atomic mass is 10.1. The lowest BCUT2D eigenvalue weighted by Crippen LogP contribution is -2.35. The van der Waals surface area contributed by atoms with Crippen LogP contribution in [0.1, 0.15) is 23.0 Å². The fourth-order valence-corrected chi connectivity index (χ4v) is 2.47. The van der Waals surface area contributed by atoms with Crippen LogP contribution < -0.4 is 4.90 Å². The Kier molecular flexibility index (Phi) is 4.69. The molecule has 8 heteroatoms. The van der Waals surface area contributed by atoms with E-state index in [2.05, 4.69) is 10.1 Å². The molecule has 3 rings (SSSR count). The molecule has 1 aromatic carbocycles. The van der Waals surface area contributed by atoms with E-state index in [1.54, 1.807) is 0 Å². The molecule has 0 saturated heterocycles. The molecule has 0 aliphatic rings. The zero-order chi connectivity index (χ0) is 18.0. The number of amides is 1. The second-order valence-electron chi connectivity index (χ2n) is 5.34. The molecule has 25 heavy (non-hydrogen) atoms. The predicted molar refractivity (Wildman–Crippen MR) is 85.3 cm³/mol. The maximum atomic E-state index is 13.1. The second kappa shape index (κ2) is 6.92. The number of hydrogen-bond donors (Lipinski definition) is 0. The van der Waals surface area contributed by atoms with E-state index in [1.807, 2.05) is 6.92 Å².